The predicted molar refractivity (Wildman–Crippen MR) is 86.9 cm³/mol. The first-order valence-corrected chi connectivity index (χ1v) is 7.11. The lowest BCUT2D eigenvalue weighted by Gasteiger charge is -2.11. The van der Waals surface area contributed by atoms with Crippen molar-refractivity contribution in [3.05, 3.63) is 64.3 Å². The third-order valence-electron chi connectivity index (χ3n) is 3.18. The fourth-order valence-electron chi connectivity index (χ4n) is 2.11. The van der Waals surface area contributed by atoms with E-state index in [0.29, 0.717) is 28.1 Å². The highest BCUT2D eigenvalue weighted by atomic mass is 35.5. The molecule has 21 heavy (non-hydrogen) atoms. The number of aromatic nitrogens is 1. The van der Waals surface area contributed by atoms with Crippen molar-refractivity contribution >= 4 is 39.8 Å². The Morgan fingerprint density at radius 2 is 1.90 bits per heavy atom. The van der Waals surface area contributed by atoms with Crippen molar-refractivity contribution in [2.45, 2.75) is 6.61 Å². The monoisotopic (exact) mass is 318 g/mol. The van der Waals surface area contributed by atoms with Gasteiger partial charge in [0.05, 0.1) is 21.2 Å². The standard InChI is InChI=1S/C16H12Cl2N2O/c17-12-5-1-3-10(15(12)18)9-21-14-7-6-13(19)16-11(14)4-2-8-20-16/h1-8H,9,19H2. The van der Waals surface area contributed by atoms with E-state index in [0.717, 1.165) is 16.5 Å². The highest BCUT2D eigenvalue weighted by Crippen LogP contribution is 2.31. The van der Waals surface area contributed by atoms with Crippen molar-refractivity contribution in [1.82, 2.24) is 4.98 Å². The first kappa shape index (κ1) is 14.0. The number of nitrogen functional groups attached to an aromatic ring is 1. The number of hydrogen-bond donors (Lipinski definition) is 1. The summed E-state index contributed by atoms with van der Waals surface area (Å²) >= 11 is 12.2. The Bertz CT molecular complexity index is 805. The molecule has 5 heteroatoms. The number of nitrogens with two attached hydrogens (primary N) is 1. The van der Waals surface area contributed by atoms with Crippen LogP contribution >= 0.6 is 23.2 Å². The first-order chi connectivity index (χ1) is 10.2. The summed E-state index contributed by atoms with van der Waals surface area (Å²) in [6.45, 7) is 0.327. The van der Waals surface area contributed by atoms with Crippen LogP contribution in [0, 0.1) is 0 Å². The number of anilines is 1. The minimum absolute atomic E-state index is 0.327. The maximum atomic E-state index is 6.16. The van der Waals surface area contributed by atoms with Gasteiger partial charge < -0.3 is 10.5 Å². The topological polar surface area (TPSA) is 48.1 Å². The molecule has 2 aromatic carbocycles. The number of fused-ring (bicyclic) bond motifs is 1. The smallest absolute Gasteiger partial charge is 0.129 e. The van der Waals surface area contributed by atoms with Gasteiger partial charge in [-0.3, -0.25) is 4.98 Å². The summed E-state index contributed by atoms with van der Waals surface area (Å²) in [6, 6.07) is 12.9. The minimum Gasteiger partial charge on any atom is -0.488 e. The first-order valence-electron chi connectivity index (χ1n) is 6.35. The average molecular weight is 319 g/mol. The zero-order valence-corrected chi connectivity index (χ0v) is 12.5. The maximum Gasteiger partial charge on any atom is 0.129 e. The Kier molecular flexibility index (Phi) is 3.86. The van der Waals surface area contributed by atoms with E-state index in [1.54, 1.807) is 18.3 Å². The average Bonchev–Trinajstić information content (AvgIpc) is 2.51. The Hall–Kier alpha value is -1.97. The van der Waals surface area contributed by atoms with Gasteiger partial charge in [-0.15, -0.1) is 0 Å². The third kappa shape index (κ3) is 2.75. The van der Waals surface area contributed by atoms with Crippen LogP contribution in [-0.2, 0) is 6.61 Å². The molecule has 3 rings (SSSR count). The van der Waals surface area contributed by atoms with E-state index in [4.69, 9.17) is 33.7 Å². The van der Waals surface area contributed by atoms with E-state index in [1.165, 1.54) is 0 Å². The quantitative estimate of drug-likeness (QED) is 0.712. The van der Waals surface area contributed by atoms with Crippen LogP contribution in [0.25, 0.3) is 10.9 Å². The molecule has 3 nitrogen and oxygen atoms in total. The summed E-state index contributed by atoms with van der Waals surface area (Å²) in [5, 5.41) is 1.90. The Morgan fingerprint density at radius 1 is 1.05 bits per heavy atom. The second kappa shape index (κ2) is 5.80. The van der Waals surface area contributed by atoms with Crippen LogP contribution in [0.2, 0.25) is 10.0 Å². The maximum absolute atomic E-state index is 6.16. The Morgan fingerprint density at radius 3 is 2.76 bits per heavy atom. The molecule has 0 saturated heterocycles. The van der Waals surface area contributed by atoms with Crippen LogP contribution in [0.15, 0.2) is 48.7 Å². The van der Waals surface area contributed by atoms with Crippen molar-refractivity contribution in [3.63, 3.8) is 0 Å². The predicted octanol–water partition coefficient (Wildman–Crippen LogP) is 4.70. The van der Waals surface area contributed by atoms with Crippen LogP contribution in [0.4, 0.5) is 5.69 Å². The molecule has 106 valence electrons. The molecule has 0 atom stereocenters. The molecule has 0 fully saturated rings. The molecule has 0 saturated carbocycles. The van der Waals surface area contributed by atoms with Gasteiger partial charge in [-0.25, -0.2) is 0 Å². The summed E-state index contributed by atoms with van der Waals surface area (Å²) < 4.78 is 5.86. The van der Waals surface area contributed by atoms with Gasteiger partial charge in [-0.2, -0.15) is 0 Å². The summed E-state index contributed by atoms with van der Waals surface area (Å²) in [5.74, 6) is 0.711. The van der Waals surface area contributed by atoms with Crippen LogP contribution in [-0.4, -0.2) is 4.98 Å². The Labute approximate surface area is 132 Å². The normalized spacial score (nSPS) is 10.8. The number of hydrogen-bond acceptors (Lipinski definition) is 3. The molecule has 3 aromatic rings. The van der Waals surface area contributed by atoms with Gasteiger partial charge in [0.1, 0.15) is 12.4 Å². The number of nitrogens with zero attached hydrogens (tertiary/aromatic N) is 1. The second-order valence-electron chi connectivity index (χ2n) is 4.55. The highest BCUT2D eigenvalue weighted by Gasteiger charge is 2.08. The fraction of sp³-hybridized carbons (Fsp3) is 0.0625. The summed E-state index contributed by atoms with van der Waals surface area (Å²) in [4.78, 5) is 4.28. The number of halogens is 2. The molecule has 0 aliphatic heterocycles. The molecule has 1 heterocycles. The van der Waals surface area contributed by atoms with Crippen molar-refractivity contribution in [2.24, 2.45) is 0 Å². The number of benzene rings is 2. The lowest BCUT2D eigenvalue weighted by atomic mass is 10.1. The van der Waals surface area contributed by atoms with Crippen LogP contribution < -0.4 is 10.5 Å². The van der Waals surface area contributed by atoms with Gasteiger partial charge in [0.25, 0.3) is 0 Å². The molecule has 0 spiro atoms. The molecule has 1 aromatic heterocycles. The summed E-state index contributed by atoms with van der Waals surface area (Å²) in [5.41, 5.74) is 8.10. The molecular weight excluding hydrogens is 307 g/mol. The van der Waals surface area contributed by atoms with Gasteiger partial charge in [0, 0.05) is 17.1 Å². The van der Waals surface area contributed by atoms with E-state index >= 15 is 0 Å². The third-order valence-corrected chi connectivity index (χ3v) is 4.03. The van der Waals surface area contributed by atoms with Crippen LogP contribution in [0.3, 0.4) is 0 Å². The Balaban J connectivity index is 1.92. The lowest BCUT2D eigenvalue weighted by Crippen LogP contribution is -1.98. The zero-order valence-electron chi connectivity index (χ0n) is 11.0. The van der Waals surface area contributed by atoms with Crippen molar-refractivity contribution in [2.75, 3.05) is 5.73 Å². The molecule has 0 radical (unpaired) electrons. The summed E-state index contributed by atoms with van der Waals surface area (Å²) in [7, 11) is 0. The lowest BCUT2D eigenvalue weighted by molar-refractivity contribution is 0.310. The van der Waals surface area contributed by atoms with Gasteiger partial charge in [0.2, 0.25) is 0 Å². The summed E-state index contributed by atoms with van der Waals surface area (Å²) in [6.07, 6.45) is 1.70. The van der Waals surface area contributed by atoms with E-state index in [9.17, 15) is 0 Å². The van der Waals surface area contributed by atoms with Crippen molar-refractivity contribution < 1.29 is 4.74 Å². The van der Waals surface area contributed by atoms with Gasteiger partial charge in [0.15, 0.2) is 0 Å². The molecule has 0 bridgehead atoms. The largest absolute Gasteiger partial charge is 0.488 e. The van der Waals surface area contributed by atoms with E-state index in [1.807, 2.05) is 30.3 Å². The molecule has 0 aliphatic rings. The van der Waals surface area contributed by atoms with E-state index in [-0.39, 0.29) is 0 Å². The molecular formula is C16H12Cl2N2O. The SMILES string of the molecule is Nc1ccc(OCc2cccc(Cl)c2Cl)c2cccnc12. The second-order valence-corrected chi connectivity index (χ2v) is 5.34. The number of pyridine rings is 1. The van der Waals surface area contributed by atoms with Crippen LogP contribution in [0.5, 0.6) is 5.75 Å². The van der Waals surface area contributed by atoms with Crippen molar-refractivity contribution in [1.29, 1.82) is 0 Å². The number of rotatable bonds is 3. The molecule has 0 unspecified atom stereocenters. The molecule has 2 N–H and O–H groups in total. The van der Waals surface area contributed by atoms with Gasteiger partial charge in [-0.1, -0.05) is 35.3 Å². The zero-order chi connectivity index (χ0) is 14.8. The van der Waals surface area contributed by atoms with Gasteiger partial charge >= 0.3 is 0 Å². The highest BCUT2D eigenvalue weighted by molar-refractivity contribution is 6.42. The van der Waals surface area contributed by atoms with Crippen LogP contribution in [0.1, 0.15) is 5.56 Å². The number of ether oxygens (including phenoxy) is 1. The molecule has 0 aliphatic carbocycles. The van der Waals surface area contributed by atoms with Crippen molar-refractivity contribution in [3.8, 4) is 5.75 Å². The minimum atomic E-state index is 0.327. The van der Waals surface area contributed by atoms with E-state index in [2.05, 4.69) is 4.98 Å². The molecule has 0 amide bonds. The van der Waals surface area contributed by atoms with E-state index < -0.39 is 0 Å². The fourth-order valence-corrected chi connectivity index (χ4v) is 2.48. The van der Waals surface area contributed by atoms with Gasteiger partial charge in [-0.05, 0) is 30.3 Å².